The molecule has 0 radical (unpaired) electrons. The number of hydrogen-bond acceptors (Lipinski definition) is 27. The maximum Gasteiger partial charge on any atom is 0.500 e. The van der Waals surface area contributed by atoms with Gasteiger partial charge >= 0.3 is 56.6 Å². The van der Waals surface area contributed by atoms with Crippen LogP contribution in [0.25, 0.3) is 0 Å². The van der Waals surface area contributed by atoms with Crippen LogP contribution in [0, 0.1) is 23.7 Å². The number of ether oxygens (including phenoxy) is 9. The Bertz CT molecular complexity index is 3700. The molecule has 4 atom stereocenters. The van der Waals surface area contributed by atoms with Gasteiger partial charge in [-0.2, -0.15) is 0 Å². The molecule has 0 aliphatic rings. The molecule has 1 aromatic heterocycles. The summed E-state index contributed by atoms with van der Waals surface area (Å²) >= 11 is 0. The summed E-state index contributed by atoms with van der Waals surface area (Å²) in [6.45, 7) is 48.6. The zero-order chi connectivity index (χ0) is 103. The second kappa shape index (κ2) is 97.1. The number of rotatable bonds is 83. The zero-order valence-corrected chi connectivity index (χ0v) is 88.7. The molecule has 1 N–H and O–H groups in total. The molecule has 2 aromatic rings. The molecule has 0 aliphatic carbocycles. The molecule has 0 bridgehead atoms. The topological polar surface area (TPSA) is 297 Å². The highest BCUT2D eigenvalue weighted by Gasteiger charge is 2.37. The van der Waals surface area contributed by atoms with Crippen molar-refractivity contribution in [1.29, 1.82) is 0 Å². The number of allylic oxidation sites excluding steroid dienone is 12. The summed E-state index contributed by atoms with van der Waals surface area (Å²) in [5, 5.41) is 9.18. The molecule has 28 heteroatoms. The van der Waals surface area contributed by atoms with Crippen LogP contribution in [0.1, 0.15) is 248 Å². The van der Waals surface area contributed by atoms with Crippen LogP contribution in [0.15, 0.2) is 197 Å². The number of aromatic nitrogens is 1. The molecule has 794 valence electrons. The van der Waals surface area contributed by atoms with E-state index in [-0.39, 0.29) is 75.0 Å². The van der Waals surface area contributed by atoms with Crippen LogP contribution in [0.2, 0.25) is 6.04 Å². The van der Waals surface area contributed by atoms with E-state index in [4.69, 9.17) is 55.9 Å². The van der Waals surface area contributed by atoms with Crippen molar-refractivity contribution in [1.82, 2.24) is 29.5 Å². The normalized spacial score (nSPS) is 12.4. The van der Waals surface area contributed by atoms with E-state index < -0.39 is 8.80 Å². The van der Waals surface area contributed by atoms with E-state index >= 15 is 0 Å². The number of carbonyl (C=O) groups excluding carboxylic acids is 8. The molecule has 27 nitrogen and oxygen atoms in total. The van der Waals surface area contributed by atoms with Crippen LogP contribution in [-0.2, 0) is 103 Å². The summed E-state index contributed by atoms with van der Waals surface area (Å²) < 4.78 is 63.3. The van der Waals surface area contributed by atoms with E-state index in [9.17, 15) is 43.5 Å². The maximum atomic E-state index is 12.1. The first-order chi connectivity index (χ1) is 67.5. The number of hydrogen-bond donors (Lipinski definition) is 1. The average Bonchev–Trinajstić information content (AvgIpc) is 0.899. The predicted molar refractivity (Wildman–Crippen MR) is 569 cm³/mol. The van der Waals surface area contributed by atoms with Crippen molar-refractivity contribution in [2.45, 2.75) is 256 Å². The Morgan fingerprint density at radius 1 is 0.329 bits per heavy atom. The fraction of sp³-hybridized carbons (Fsp3) is 0.616. The third-order valence-corrected chi connectivity index (χ3v) is 25.2. The Morgan fingerprint density at radius 3 is 0.864 bits per heavy atom. The van der Waals surface area contributed by atoms with Crippen LogP contribution in [0.3, 0.4) is 0 Å². The van der Waals surface area contributed by atoms with Gasteiger partial charge in [-0.25, -0.2) is 0 Å². The van der Waals surface area contributed by atoms with Crippen LogP contribution in [0.5, 0.6) is 5.75 Å². The molecule has 0 spiro atoms. The average molecular weight is 1980 g/mol. The van der Waals surface area contributed by atoms with Gasteiger partial charge < -0.3 is 70.8 Å². The first-order valence-corrected chi connectivity index (χ1v) is 52.8. The quantitative estimate of drug-likeness (QED) is 0.0278. The van der Waals surface area contributed by atoms with E-state index in [2.05, 4.69) is 90.4 Å². The molecular formula is C112H186N6O21Si. The highest BCUT2D eigenvalue weighted by Crippen LogP contribution is 2.21. The van der Waals surface area contributed by atoms with Gasteiger partial charge in [0.05, 0.1) is 39.4 Å². The van der Waals surface area contributed by atoms with Gasteiger partial charge in [0.2, 0.25) is 0 Å². The monoisotopic (exact) mass is 1980 g/mol. The zero-order valence-electron chi connectivity index (χ0n) is 87.7. The van der Waals surface area contributed by atoms with Gasteiger partial charge in [0.1, 0.15) is 58.6 Å². The Labute approximate surface area is 846 Å². The van der Waals surface area contributed by atoms with Gasteiger partial charge in [-0.05, 0) is 214 Å². The fourth-order valence-electron chi connectivity index (χ4n) is 13.6. The van der Waals surface area contributed by atoms with E-state index in [0.29, 0.717) is 147 Å². The third-order valence-electron chi connectivity index (χ3n) is 22.4. The summed E-state index contributed by atoms with van der Waals surface area (Å²) in [5.41, 5.74) is 2.37. The second-order valence-corrected chi connectivity index (χ2v) is 36.3. The van der Waals surface area contributed by atoms with Crippen LogP contribution in [0.4, 0.5) is 0 Å². The number of pyridine rings is 1. The van der Waals surface area contributed by atoms with Crippen molar-refractivity contribution in [3.8, 4) is 5.75 Å². The van der Waals surface area contributed by atoms with Gasteiger partial charge in [-0.15, -0.1) is 26.3 Å². The number of esters is 8. The lowest BCUT2D eigenvalue weighted by atomic mass is 9.99. The molecular weight excluding hydrogens is 1790 g/mol. The Kier molecular flexibility index (Phi) is 93.5. The van der Waals surface area contributed by atoms with E-state index in [1.807, 2.05) is 186 Å². The number of aliphatic hydroxyl groups excluding tert-OH is 1. The van der Waals surface area contributed by atoms with E-state index in [1.165, 1.54) is 11.1 Å². The SMILES string of the molecule is C.C=CC(C/C=C\COC(=O)CCN(CC)CCC[Si](OC)(OC)OC)CC/C=C/COC(=O)CCC.C=CC(C/C=C\COC(=O)CCN(CC)CCN(CCC)CCO)CC/C=C/COC(=O)CCC.C=CC(C/C=C\COC(=O)CCN(CC)Cc1ccc(OC)cc1)CC/C=C/COC(=O)CCC.C=CC(C/C=C\COC(=O)CCN(CC)Cc1ccncc1)CC/C=C/COC(=O)CCC. The lowest BCUT2D eigenvalue weighted by Crippen LogP contribution is -2.43. The van der Waals surface area contributed by atoms with E-state index in [0.717, 1.165) is 193 Å². The lowest BCUT2D eigenvalue weighted by Gasteiger charge is -2.26. The van der Waals surface area contributed by atoms with Gasteiger partial charge in [0.15, 0.2) is 0 Å². The van der Waals surface area contributed by atoms with Crippen molar-refractivity contribution in [2.24, 2.45) is 23.7 Å². The number of aliphatic hydroxyl groups is 1. The lowest BCUT2D eigenvalue weighted by molar-refractivity contribution is -0.143. The number of carbonyl (C=O) groups is 8. The maximum absolute atomic E-state index is 12.1. The fourth-order valence-corrected chi connectivity index (χ4v) is 15.3. The third kappa shape index (κ3) is 80.2. The van der Waals surface area contributed by atoms with Gasteiger partial charge in [0.25, 0.3) is 0 Å². The van der Waals surface area contributed by atoms with Gasteiger partial charge in [-0.1, -0.05) is 203 Å². The minimum Gasteiger partial charge on any atom is -0.497 e. The molecule has 2 rings (SSSR count). The van der Waals surface area contributed by atoms with Crippen LogP contribution < -0.4 is 4.74 Å². The standard InChI is InChI=1S/C29H43NO5.C28H50N2O5.C27H40N2O4.C27H49NO7Si.CH4/c1-5-13-28(31)34-22-11-8-9-14-25(6-2)15-10-12-23-35-29(32)20-21-30(7-3)24-26-16-18-27(33-4)19-17-26;1-5-14-27(32)34-24-12-9-10-15-26(7-3)16-11-13-25-35-28(33)17-19-29(8-4)20-21-30(18-6-2)22-23-31;1-4-12-26(30)32-21-10-7-8-13-24(5-2)14-9-11-22-33-27(31)17-20-29(6-3)23-25-15-18-28-19-16-25;1-7-16-26(29)34-22-13-10-11-17-25(8-2)18-12-14-23-35-27(30)19-21-28(9-3)20-15-24-36(31-4,32-5)33-6;/h6,8,10-12,16-19,25H,2,5,7,9,13-15,20-24H2,1,3-4H3;7,9,11-13,26,31H,3,5-6,8,10,14-25H2,1-2,4H3;5,7,9-11,15-16,18-19,24H,2,4,6,8,12-14,17,20-23H2,1,3H3;8,10,12-14,25H,2,7,9,11,15-24H2,1,3-6H3;1H4/b11-8+,12-10-;12-9+,13-11-;10-7+,11-9-;13-10+,14-12-;. The number of likely N-dealkylation sites (N-methyl/N-ethyl adjacent to an activating group) is 1. The molecule has 1 aromatic carbocycles. The van der Waals surface area contributed by atoms with Gasteiger partial charge in [0, 0.05) is 124 Å². The van der Waals surface area contributed by atoms with Crippen molar-refractivity contribution in [3.05, 3.63) is 208 Å². The molecule has 1 heterocycles. The molecule has 0 aliphatic heterocycles. The molecule has 140 heavy (non-hydrogen) atoms. The summed E-state index contributed by atoms with van der Waals surface area (Å²) in [7, 11) is 3.96. The molecule has 0 saturated heterocycles. The molecule has 0 amide bonds. The Balaban J connectivity index is -0.00000178. The summed E-state index contributed by atoms with van der Waals surface area (Å²) in [6.07, 6.45) is 62.2. The van der Waals surface area contributed by atoms with Crippen LogP contribution >= 0.6 is 0 Å². The first kappa shape index (κ1) is 135. The van der Waals surface area contributed by atoms with Crippen molar-refractivity contribution < 1.29 is 99.4 Å². The minimum absolute atomic E-state index is 0. The Hall–Kier alpha value is -9.33. The van der Waals surface area contributed by atoms with Gasteiger partial charge in [-0.3, -0.25) is 58.0 Å². The number of nitrogens with zero attached hydrogens (tertiary/aromatic N) is 6. The smallest absolute Gasteiger partial charge is 0.497 e. The molecule has 4 unspecified atom stereocenters. The Morgan fingerprint density at radius 2 is 0.600 bits per heavy atom. The summed E-state index contributed by atoms with van der Waals surface area (Å²) in [6, 6.07) is 12.7. The minimum atomic E-state index is -2.55. The first-order valence-electron chi connectivity index (χ1n) is 50.9. The highest BCUT2D eigenvalue weighted by molar-refractivity contribution is 6.60. The highest BCUT2D eigenvalue weighted by atomic mass is 28.4. The predicted octanol–water partition coefficient (Wildman–Crippen LogP) is 21.1. The molecule has 0 fully saturated rings. The summed E-state index contributed by atoms with van der Waals surface area (Å²) in [4.78, 5) is 109. The van der Waals surface area contributed by atoms with Crippen molar-refractivity contribution >= 4 is 56.6 Å². The summed E-state index contributed by atoms with van der Waals surface area (Å²) in [5.74, 6) is 0.897. The van der Waals surface area contributed by atoms with Crippen molar-refractivity contribution in [3.63, 3.8) is 0 Å². The van der Waals surface area contributed by atoms with Crippen molar-refractivity contribution in [2.75, 3.05) is 173 Å². The molecule has 0 saturated carbocycles. The van der Waals surface area contributed by atoms with Crippen LogP contribution in [-0.4, -0.2) is 264 Å². The second-order valence-electron chi connectivity index (χ2n) is 33.2. The van der Waals surface area contributed by atoms with E-state index in [1.54, 1.807) is 40.8 Å². The number of benzene rings is 1. The number of methoxy groups -OCH3 is 1. The largest absolute Gasteiger partial charge is 0.500 e.